The summed E-state index contributed by atoms with van der Waals surface area (Å²) in [6.07, 6.45) is 12.3. The van der Waals surface area contributed by atoms with E-state index < -0.39 is 0 Å². The summed E-state index contributed by atoms with van der Waals surface area (Å²) in [5.74, 6) is 2.59. The molecule has 0 bridgehead atoms. The third-order valence-corrected chi connectivity index (χ3v) is 8.86. The second kappa shape index (κ2) is 4.19. The van der Waals surface area contributed by atoms with Gasteiger partial charge in [0.2, 0.25) is 0 Å². The van der Waals surface area contributed by atoms with Crippen molar-refractivity contribution in [2.45, 2.75) is 76.9 Å². The van der Waals surface area contributed by atoms with Crippen LogP contribution < -0.4 is 0 Å². The van der Waals surface area contributed by atoms with E-state index in [4.69, 9.17) is 4.74 Å². The molecule has 0 aromatic carbocycles. The quantitative estimate of drug-likeness (QED) is 0.540. The van der Waals surface area contributed by atoms with Gasteiger partial charge in [-0.05, 0) is 74.5 Å². The molecule has 2 heteroatoms. The van der Waals surface area contributed by atoms with Crippen molar-refractivity contribution in [2.24, 2.45) is 28.6 Å². The van der Waals surface area contributed by atoms with Crippen LogP contribution in [0.2, 0.25) is 0 Å². The first kappa shape index (κ1) is 14.0. The molecule has 0 unspecified atom stereocenters. The van der Waals surface area contributed by atoms with Crippen LogP contribution in [-0.4, -0.2) is 23.4 Å². The molecule has 0 aromatic heterocycles. The van der Waals surface area contributed by atoms with Gasteiger partial charge in [0.15, 0.2) is 0 Å². The number of rotatable bonds is 0. The third kappa shape index (κ3) is 1.54. The molecular weight excluding hydrogens is 272 g/mol. The number of epoxide rings is 1. The lowest BCUT2D eigenvalue weighted by atomic mass is 9.47. The van der Waals surface area contributed by atoms with Gasteiger partial charge in [0, 0.05) is 5.41 Å². The van der Waals surface area contributed by atoms with Gasteiger partial charge in [0.1, 0.15) is 0 Å². The lowest BCUT2D eigenvalue weighted by Crippen LogP contribution is -2.51. The summed E-state index contributed by atoms with van der Waals surface area (Å²) < 4.78 is 6.01. The topological polar surface area (TPSA) is 32.8 Å². The molecule has 1 saturated heterocycles. The van der Waals surface area contributed by atoms with Crippen LogP contribution in [0.25, 0.3) is 0 Å². The normalized spacial score (nSPS) is 59.5. The zero-order chi connectivity index (χ0) is 15.2. The molecule has 1 heterocycles. The molecule has 1 aliphatic heterocycles. The van der Waals surface area contributed by atoms with E-state index in [0.717, 1.165) is 37.2 Å². The zero-order valence-corrected chi connectivity index (χ0v) is 14.1. The molecule has 2 nitrogen and oxygen atoms in total. The standard InChI is InChI=1S/C20H30O2/c1-18-8-5-14(21)11-13(18)3-4-15-16(18)6-9-19(2)17(15)7-10-20(19)12-22-20/h3,14-17,21H,4-12H2,1-2H3/t14-,15+,16-,17+,18-,19-,20+/m0/s1. The predicted molar refractivity (Wildman–Crippen MR) is 86.4 cm³/mol. The number of aliphatic hydroxyl groups is 1. The SMILES string of the molecule is C[C@]12CC[C@H](O)CC1=CC[C@H]1[C@H]3CC[C@@]4(CO4)[C@@]3(C)CC[C@@H]12. The summed E-state index contributed by atoms with van der Waals surface area (Å²) in [4.78, 5) is 0. The summed E-state index contributed by atoms with van der Waals surface area (Å²) in [6.45, 7) is 6.09. The van der Waals surface area contributed by atoms with Gasteiger partial charge >= 0.3 is 0 Å². The van der Waals surface area contributed by atoms with Gasteiger partial charge in [-0.2, -0.15) is 0 Å². The number of aliphatic hydroxyl groups excluding tert-OH is 1. The smallest absolute Gasteiger partial charge is 0.0972 e. The predicted octanol–water partition coefficient (Wildman–Crippen LogP) is 4.08. The van der Waals surface area contributed by atoms with Gasteiger partial charge in [-0.1, -0.05) is 25.5 Å². The number of ether oxygens (including phenoxy) is 1. The Morgan fingerprint density at radius 3 is 2.64 bits per heavy atom. The van der Waals surface area contributed by atoms with Crippen molar-refractivity contribution < 1.29 is 9.84 Å². The Bertz CT molecular complexity index is 534. The van der Waals surface area contributed by atoms with Crippen molar-refractivity contribution in [1.82, 2.24) is 0 Å². The van der Waals surface area contributed by atoms with Crippen molar-refractivity contribution in [3.63, 3.8) is 0 Å². The number of hydrogen-bond donors (Lipinski definition) is 1. The zero-order valence-electron chi connectivity index (χ0n) is 14.1. The third-order valence-electron chi connectivity index (χ3n) is 8.86. The molecule has 4 aliphatic carbocycles. The molecule has 5 rings (SSSR count). The molecule has 0 aromatic rings. The second-order valence-corrected chi connectivity index (χ2v) is 9.43. The monoisotopic (exact) mass is 302 g/mol. The summed E-state index contributed by atoms with van der Waals surface area (Å²) in [5.41, 5.74) is 2.69. The minimum atomic E-state index is -0.0839. The van der Waals surface area contributed by atoms with E-state index in [1.165, 1.54) is 38.5 Å². The number of hydrogen-bond acceptors (Lipinski definition) is 2. The van der Waals surface area contributed by atoms with Gasteiger partial charge in [0.05, 0.1) is 18.3 Å². The molecule has 22 heavy (non-hydrogen) atoms. The lowest BCUT2D eigenvalue weighted by Gasteiger charge is -2.57. The van der Waals surface area contributed by atoms with E-state index in [0.29, 0.717) is 10.8 Å². The minimum Gasteiger partial charge on any atom is -0.393 e. The van der Waals surface area contributed by atoms with Crippen molar-refractivity contribution in [1.29, 1.82) is 0 Å². The second-order valence-electron chi connectivity index (χ2n) is 9.43. The Morgan fingerprint density at radius 2 is 1.86 bits per heavy atom. The lowest BCUT2D eigenvalue weighted by molar-refractivity contribution is -0.0556. The highest BCUT2D eigenvalue weighted by atomic mass is 16.6. The molecule has 0 radical (unpaired) electrons. The highest BCUT2D eigenvalue weighted by Gasteiger charge is 2.69. The van der Waals surface area contributed by atoms with E-state index in [1.54, 1.807) is 5.57 Å². The molecular formula is C20H30O2. The van der Waals surface area contributed by atoms with Crippen molar-refractivity contribution in [3.05, 3.63) is 11.6 Å². The number of fused-ring (bicyclic) bond motifs is 6. The largest absolute Gasteiger partial charge is 0.393 e. The van der Waals surface area contributed by atoms with Crippen molar-refractivity contribution in [2.75, 3.05) is 6.61 Å². The van der Waals surface area contributed by atoms with Gasteiger partial charge in [-0.25, -0.2) is 0 Å². The van der Waals surface area contributed by atoms with Crippen LogP contribution in [-0.2, 0) is 4.74 Å². The highest BCUT2D eigenvalue weighted by molar-refractivity contribution is 5.27. The van der Waals surface area contributed by atoms with E-state index in [1.807, 2.05) is 0 Å². The van der Waals surface area contributed by atoms with E-state index in [-0.39, 0.29) is 11.7 Å². The Balaban J connectivity index is 1.51. The van der Waals surface area contributed by atoms with Gasteiger partial charge in [-0.3, -0.25) is 0 Å². The first-order valence-electron chi connectivity index (χ1n) is 9.50. The van der Waals surface area contributed by atoms with Crippen LogP contribution in [0.15, 0.2) is 11.6 Å². The molecule has 1 N–H and O–H groups in total. The Labute approximate surface area is 134 Å². The summed E-state index contributed by atoms with van der Waals surface area (Å²) in [7, 11) is 0. The average molecular weight is 302 g/mol. The molecule has 1 spiro atoms. The maximum Gasteiger partial charge on any atom is 0.0972 e. The molecule has 0 amide bonds. The molecule has 5 aliphatic rings. The van der Waals surface area contributed by atoms with Crippen LogP contribution >= 0.6 is 0 Å². The van der Waals surface area contributed by atoms with E-state index >= 15 is 0 Å². The fourth-order valence-electron chi connectivity index (χ4n) is 7.30. The molecule has 4 fully saturated rings. The maximum absolute atomic E-state index is 10.1. The number of allylic oxidation sites excluding steroid dienone is 1. The Hall–Kier alpha value is -0.340. The van der Waals surface area contributed by atoms with Crippen LogP contribution in [0.1, 0.15) is 65.2 Å². The Kier molecular flexibility index (Phi) is 2.67. The van der Waals surface area contributed by atoms with Crippen molar-refractivity contribution >= 4 is 0 Å². The average Bonchev–Trinajstić information content (AvgIpc) is 3.22. The van der Waals surface area contributed by atoms with Crippen molar-refractivity contribution in [3.8, 4) is 0 Å². The van der Waals surface area contributed by atoms with E-state index in [2.05, 4.69) is 19.9 Å². The fourth-order valence-corrected chi connectivity index (χ4v) is 7.30. The van der Waals surface area contributed by atoms with Crippen LogP contribution in [0.5, 0.6) is 0 Å². The molecule has 3 saturated carbocycles. The summed E-state index contributed by atoms with van der Waals surface area (Å²) >= 11 is 0. The maximum atomic E-state index is 10.1. The van der Waals surface area contributed by atoms with Crippen LogP contribution in [0.3, 0.4) is 0 Å². The highest BCUT2D eigenvalue weighted by Crippen LogP contribution is 2.70. The fraction of sp³-hybridized carbons (Fsp3) is 0.900. The van der Waals surface area contributed by atoms with E-state index in [9.17, 15) is 5.11 Å². The molecule has 7 atom stereocenters. The van der Waals surface area contributed by atoms with Crippen LogP contribution in [0.4, 0.5) is 0 Å². The first-order chi connectivity index (χ1) is 10.5. The summed E-state index contributed by atoms with van der Waals surface area (Å²) in [6, 6.07) is 0. The van der Waals surface area contributed by atoms with Crippen LogP contribution in [0, 0.1) is 28.6 Å². The molecule has 122 valence electrons. The minimum absolute atomic E-state index is 0.0839. The van der Waals surface area contributed by atoms with Gasteiger partial charge in [-0.15, -0.1) is 0 Å². The van der Waals surface area contributed by atoms with Gasteiger partial charge < -0.3 is 9.84 Å². The Morgan fingerprint density at radius 1 is 1.09 bits per heavy atom. The van der Waals surface area contributed by atoms with Gasteiger partial charge in [0.25, 0.3) is 0 Å². The summed E-state index contributed by atoms with van der Waals surface area (Å²) in [5, 5.41) is 10.1. The first-order valence-corrected chi connectivity index (χ1v) is 9.50.